The zero-order chi connectivity index (χ0) is 25.9. The number of benzene rings is 2. The first kappa shape index (κ1) is 23.9. The third-order valence-corrected chi connectivity index (χ3v) is 6.31. The highest BCUT2D eigenvalue weighted by atomic mass is 16.5. The number of imide groups is 1. The van der Waals surface area contributed by atoms with Gasteiger partial charge in [0, 0.05) is 5.56 Å². The van der Waals surface area contributed by atoms with Crippen molar-refractivity contribution in [3.8, 4) is 5.75 Å². The summed E-state index contributed by atoms with van der Waals surface area (Å²) in [5.41, 5.74) is 0.836. The molecule has 1 aliphatic heterocycles. The lowest BCUT2D eigenvalue weighted by Gasteiger charge is -2.15. The molecule has 2 heterocycles. The number of carbonyl (C=O) groups excluding carboxylic acids is 5. The van der Waals surface area contributed by atoms with Crippen LogP contribution >= 0.6 is 0 Å². The fourth-order valence-electron chi connectivity index (χ4n) is 4.36. The number of anilines is 1. The Morgan fingerprint density at radius 3 is 2.03 bits per heavy atom. The van der Waals surface area contributed by atoms with Crippen molar-refractivity contribution in [2.24, 2.45) is 11.8 Å². The molecule has 9 heteroatoms. The molecule has 2 aromatic carbocycles. The molecular formula is C28H21NO8. The lowest BCUT2D eigenvalue weighted by Crippen LogP contribution is -2.30. The van der Waals surface area contributed by atoms with Gasteiger partial charge in [0.1, 0.15) is 5.75 Å². The quantitative estimate of drug-likeness (QED) is 0.157. The lowest BCUT2D eigenvalue weighted by molar-refractivity contribution is -0.122. The molecule has 2 amide bonds. The maximum absolute atomic E-state index is 12.7. The highest BCUT2D eigenvalue weighted by Gasteiger charge is 2.47. The second kappa shape index (κ2) is 10.1. The number of allylic oxidation sites excluding steroid dienone is 2. The zero-order valence-electron chi connectivity index (χ0n) is 19.5. The highest BCUT2D eigenvalue weighted by Crippen LogP contribution is 2.37. The van der Waals surface area contributed by atoms with Crippen LogP contribution in [0.3, 0.4) is 0 Å². The van der Waals surface area contributed by atoms with E-state index in [-0.39, 0.29) is 46.3 Å². The molecule has 1 aromatic heterocycles. The fourth-order valence-corrected chi connectivity index (χ4v) is 4.36. The summed E-state index contributed by atoms with van der Waals surface area (Å²) in [5, 5.41) is 0. The van der Waals surface area contributed by atoms with E-state index in [9.17, 15) is 24.0 Å². The first-order valence-electron chi connectivity index (χ1n) is 11.6. The van der Waals surface area contributed by atoms with E-state index in [0.29, 0.717) is 18.5 Å². The van der Waals surface area contributed by atoms with Crippen LogP contribution in [0.5, 0.6) is 5.75 Å². The summed E-state index contributed by atoms with van der Waals surface area (Å²) in [6, 6.07) is 14.8. The van der Waals surface area contributed by atoms with Gasteiger partial charge in [-0.25, -0.2) is 9.59 Å². The van der Waals surface area contributed by atoms with Crippen LogP contribution in [-0.2, 0) is 14.3 Å². The van der Waals surface area contributed by atoms with Crippen LogP contribution in [0.1, 0.15) is 44.1 Å². The molecule has 0 saturated carbocycles. The van der Waals surface area contributed by atoms with E-state index in [4.69, 9.17) is 13.9 Å². The van der Waals surface area contributed by atoms with Gasteiger partial charge < -0.3 is 13.9 Å². The van der Waals surface area contributed by atoms with Crippen molar-refractivity contribution in [1.29, 1.82) is 0 Å². The Hall–Kier alpha value is -4.79. The summed E-state index contributed by atoms with van der Waals surface area (Å²) < 4.78 is 15.3. The Morgan fingerprint density at radius 2 is 1.43 bits per heavy atom. The molecule has 3 aromatic rings. The average Bonchev–Trinajstić information content (AvgIpc) is 3.55. The van der Waals surface area contributed by atoms with Crippen molar-refractivity contribution in [3.05, 3.63) is 96.0 Å². The van der Waals surface area contributed by atoms with Gasteiger partial charge in [0.25, 0.3) is 0 Å². The molecule has 9 nitrogen and oxygen atoms in total. The van der Waals surface area contributed by atoms with E-state index in [0.717, 1.165) is 0 Å². The number of hydrogen-bond donors (Lipinski definition) is 0. The van der Waals surface area contributed by atoms with Crippen LogP contribution in [-0.4, -0.2) is 36.1 Å². The van der Waals surface area contributed by atoms with Gasteiger partial charge in [0.15, 0.2) is 12.4 Å². The van der Waals surface area contributed by atoms with E-state index in [1.165, 1.54) is 65.8 Å². The summed E-state index contributed by atoms with van der Waals surface area (Å²) >= 11 is 0. The standard InChI is InChI=1S/C28H21NO8/c30-23(17-9-13-20(14-10-17)37-28(34)24-6-3-15-35-24)16-36-27(33)18-7-11-19(12-8-18)29-25(31)21-4-1-2-5-22(21)26(29)32/h1-3,6-15,21-22H,4-5,16H2. The van der Waals surface area contributed by atoms with E-state index in [2.05, 4.69) is 0 Å². The first-order chi connectivity index (χ1) is 17.9. The Kier molecular flexibility index (Phi) is 6.51. The van der Waals surface area contributed by atoms with Gasteiger partial charge in [-0.3, -0.25) is 19.3 Å². The number of esters is 2. The van der Waals surface area contributed by atoms with Crippen molar-refractivity contribution < 1.29 is 37.9 Å². The van der Waals surface area contributed by atoms with E-state index >= 15 is 0 Å². The van der Waals surface area contributed by atoms with Gasteiger partial charge in [-0.2, -0.15) is 0 Å². The third kappa shape index (κ3) is 4.84. The van der Waals surface area contributed by atoms with Crippen LogP contribution in [0.15, 0.2) is 83.5 Å². The maximum Gasteiger partial charge on any atom is 0.379 e. The highest BCUT2D eigenvalue weighted by molar-refractivity contribution is 6.22. The summed E-state index contributed by atoms with van der Waals surface area (Å²) in [6.45, 7) is -0.494. The summed E-state index contributed by atoms with van der Waals surface area (Å²) in [5.74, 6) is -2.72. The van der Waals surface area contributed by atoms with Crippen LogP contribution in [0.25, 0.3) is 0 Å². The molecule has 1 fully saturated rings. The molecule has 1 aliphatic carbocycles. The number of Topliss-reactive ketones (excluding diaryl/α,β-unsaturated/α-hetero) is 1. The Bertz CT molecular complexity index is 1360. The number of ether oxygens (including phenoxy) is 2. The van der Waals surface area contributed by atoms with Gasteiger partial charge >= 0.3 is 11.9 Å². The molecule has 2 aliphatic rings. The van der Waals surface area contributed by atoms with Gasteiger partial charge in [-0.15, -0.1) is 0 Å². The molecule has 0 spiro atoms. The molecule has 0 radical (unpaired) electrons. The number of fused-ring (bicyclic) bond motifs is 1. The van der Waals surface area contributed by atoms with Crippen molar-refractivity contribution in [1.82, 2.24) is 0 Å². The number of carbonyl (C=O) groups is 5. The van der Waals surface area contributed by atoms with Gasteiger partial charge in [-0.1, -0.05) is 12.2 Å². The fraction of sp³-hybridized carbons (Fsp3) is 0.179. The molecule has 0 N–H and O–H groups in total. The Balaban J connectivity index is 1.15. The molecule has 2 atom stereocenters. The normalized spacial score (nSPS) is 18.4. The molecule has 37 heavy (non-hydrogen) atoms. The zero-order valence-corrected chi connectivity index (χ0v) is 19.5. The van der Waals surface area contributed by atoms with Crippen molar-refractivity contribution in [2.45, 2.75) is 12.8 Å². The van der Waals surface area contributed by atoms with Gasteiger partial charge in [-0.05, 0) is 73.5 Å². The second-order valence-corrected chi connectivity index (χ2v) is 8.61. The minimum Gasteiger partial charge on any atom is -0.457 e. The molecule has 0 bridgehead atoms. The predicted octanol–water partition coefficient (Wildman–Crippen LogP) is 3.99. The largest absolute Gasteiger partial charge is 0.457 e. The van der Waals surface area contributed by atoms with Crippen molar-refractivity contribution >= 4 is 35.2 Å². The lowest BCUT2D eigenvalue weighted by atomic mass is 9.85. The molecule has 186 valence electrons. The number of amides is 2. The van der Waals surface area contributed by atoms with Crippen LogP contribution in [0.4, 0.5) is 5.69 Å². The Labute approximate surface area is 211 Å². The molecule has 1 saturated heterocycles. The van der Waals surface area contributed by atoms with Gasteiger partial charge in [0.05, 0.1) is 29.3 Å². The topological polar surface area (TPSA) is 120 Å². The van der Waals surface area contributed by atoms with Crippen LogP contribution in [0.2, 0.25) is 0 Å². The minimum absolute atomic E-state index is 0.0500. The number of furan rings is 1. The summed E-state index contributed by atoms with van der Waals surface area (Å²) in [6.07, 6.45) is 6.28. The SMILES string of the molecule is O=C(COC(=O)c1ccc(N2C(=O)C3CC=CCC3C2=O)cc1)c1ccc(OC(=O)c2ccco2)cc1. The average molecular weight is 499 g/mol. The second-order valence-electron chi connectivity index (χ2n) is 8.61. The minimum atomic E-state index is -0.721. The van der Waals surface area contributed by atoms with E-state index < -0.39 is 24.3 Å². The number of nitrogens with zero attached hydrogens (tertiary/aromatic N) is 1. The number of rotatable bonds is 7. The van der Waals surface area contributed by atoms with E-state index in [1.54, 1.807) is 6.07 Å². The van der Waals surface area contributed by atoms with Crippen molar-refractivity contribution in [3.63, 3.8) is 0 Å². The van der Waals surface area contributed by atoms with E-state index in [1.807, 2.05) is 12.2 Å². The Morgan fingerprint density at radius 1 is 0.811 bits per heavy atom. The predicted molar refractivity (Wildman–Crippen MR) is 129 cm³/mol. The monoisotopic (exact) mass is 499 g/mol. The number of ketones is 1. The third-order valence-electron chi connectivity index (χ3n) is 6.31. The van der Waals surface area contributed by atoms with Gasteiger partial charge in [0.2, 0.25) is 17.6 Å². The maximum atomic E-state index is 12.7. The summed E-state index contributed by atoms with van der Waals surface area (Å²) in [7, 11) is 0. The number of hydrogen-bond acceptors (Lipinski definition) is 8. The summed E-state index contributed by atoms with van der Waals surface area (Å²) in [4.78, 5) is 63.4. The first-order valence-corrected chi connectivity index (χ1v) is 11.6. The van der Waals surface area contributed by atoms with Crippen molar-refractivity contribution in [2.75, 3.05) is 11.5 Å². The molecule has 5 rings (SSSR count). The molecule has 2 unspecified atom stereocenters. The van der Waals surface area contributed by atoms with Crippen LogP contribution < -0.4 is 9.64 Å². The molecular weight excluding hydrogens is 478 g/mol. The van der Waals surface area contributed by atoms with Crippen LogP contribution in [0, 0.1) is 11.8 Å². The smallest absolute Gasteiger partial charge is 0.379 e.